The van der Waals surface area contributed by atoms with E-state index in [1.54, 1.807) is 13.8 Å². The van der Waals surface area contributed by atoms with Gasteiger partial charge >= 0.3 is 18.2 Å². The summed E-state index contributed by atoms with van der Waals surface area (Å²) in [5.74, 6) is -1.60. The Balaban J connectivity index is 2.29. The van der Waals surface area contributed by atoms with Gasteiger partial charge in [-0.15, -0.1) is 0 Å². The van der Waals surface area contributed by atoms with Gasteiger partial charge in [-0.2, -0.15) is 13.2 Å². The number of Topliss-reactive ketones (excluding diaryl/α,β-unsaturated/α-hetero) is 1. The van der Waals surface area contributed by atoms with Crippen LogP contribution in [-0.4, -0.2) is 41.0 Å². The SMILES string of the molecule is CCOC(=O)CC(=O)[C@H]1CCN(C(=O)O)[C@](C)(c2ccc(C(F)(F)F)cc2)C1. The molecule has 1 fully saturated rings. The average Bonchev–Trinajstić information content (AvgIpc) is 2.60. The zero-order valence-corrected chi connectivity index (χ0v) is 15.6. The summed E-state index contributed by atoms with van der Waals surface area (Å²) in [6.45, 7) is 3.38. The third-order valence-corrected chi connectivity index (χ3v) is 5.09. The summed E-state index contributed by atoms with van der Waals surface area (Å²) in [6, 6.07) is 4.25. The second-order valence-electron chi connectivity index (χ2n) is 6.92. The summed E-state index contributed by atoms with van der Waals surface area (Å²) in [4.78, 5) is 36.9. The van der Waals surface area contributed by atoms with Crippen LogP contribution >= 0.6 is 0 Å². The molecule has 1 N–H and O–H groups in total. The van der Waals surface area contributed by atoms with Gasteiger partial charge in [-0.05, 0) is 44.4 Å². The quantitative estimate of drug-likeness (QED) is 0.599. The molecule has 0 bridgehead atoms. The number of hydrogen-bond donors (Lipinski definition) is 1. The average molecular weight is 401 g/mol. The number of rotatable bonds is 5. The fraction of sp³-hybridized carbons (Fsp3) is 0.526. The molecule has 0 saturated carbocycles. The molecule has 6 nitrogen and oxygen atoms in total. The summed E-state index contributed by atoms with van der Waals surface area (Å²) in [7, 11) is 0. The molecule has 28 heavy (non-hydrogen) atoms. The Kier molecular flexibility index (Phi) is 6.36. The Morgan fingerprint density at radius 1 is 1.25 bits per heavy atom. The number of ether oxygens (including phenoxy) is 1. The Morgan fingerprint density at radius 2 is 1.86 bits per heavy atom. The molecule has 0 aromatic heterocycles. The smallest absolute Gasteiger partial charge is 0.416 e. The van der Waals surface area contributed by atoms with Crippen molar-refractivity contribution in [2.24, 2.45) is 5.92 Å². The molecule has 0 aliphatic carbocycles. The lowest BCUT2D eigenvalue weighted by Gasteiger charge is -2.46. The Labute approximate surface area is 160 Å². The molecule has 9 heteroatoms. The molecule has 0 unspecified atom stereocenters. The summed E-state index contributed by atoms with van der Waals surface area (Å²) in [5.41, 5.74) is -1.67. The maximum atomic E-state index is 12.8. The van der Waals surface area contributed by atoms with E-state index in [4.69, 9.17) is 4.74 Å². The first-order valence-corrected chi connectivity index (χ1v) is 8.85. The Bertz CT molecular complexity index is 747. The number of likely N-dealkylation sites (tertiary alicyclic amines) is 1. The van der Waals surface area contributed by atoms with E-state index in [0.717, 1.165) is 17.0 Å². The molecule has 1 heterocycles. The zero-order chi connectivity index (χ0) is 21.1. The second kappa shape index (κ2) is 8.20. The van der Waals surface area contributed by atoms with E-state index in [-0.39, 0.29) is 31.8 Å². The van der Waals surface area contributed by atoms with Crippen LogP contribution in [0.15, 0.2) is 24.3 Å². The number of amides is 1. The van der Waals surface area contributed by atoms with Crippen molar-refractivity contribution >= 4 is 17.8 Å². The molecule has 0 radical (unpaired) electrons. The van der Waals surface area contributed by atoms with Gasteiger partial charge in [0.15, 0.2) is 0 Å². The minimum absolute atomic E-state index is 0.0338. The van der Waals surface area contributed by atoms with Crippen LogP contribution in [-0.2, 0) is 26.0 Å². The van der Waals surface area contributed by atoms with Crippen LogP contribution < -0.4 is 0 Å². The number of carbonyl (C=O) groups excluding carboxylic acids is 2. The number of benzene rings is 1. The van der Waals surface area contributed by atoms with Crippen molar-refractivity contribution in [2.75, 3.05) is 13.2 Å². The van der Waals surface area contributed by atoms with E-state index in [0.29, 0.717) is 5.56 Å². The molecule has 1 amide bonds. The number of ketones is 1. The fourth-order valence-corrected chi connectivity index (χ4v) is 3.60. The van der Waals surface area contributed by atoms with Crippen molar-refractivity contribution in [3.63, 3.8) is 0 Å². The maximum Gasteiger partial charge on any atom is 0.416 e. The van der Waals surface area contributed by atoms with E-state index in [2.05, 4.69) is 0 Å². The number of esters is 1. The lowest BCUT2D eigenvalue weighted by atomic mass is 9.75. The van der Waals surface area contributed by atoms with Crippen molar-refractivity contribution in [3.8, 4) is 0 Å². The third-order valence-electron chi connectivity index (χ3n) is 5.09. The van der Waals surface area contributed by atoms with Crippen molar-refractivity contribution in [2.45, 2.75) is 44.8 Å². The topological polar surface area (TPSA) is 83.9 Å². The zero-order valence-electron chi connectivity index (χ0n) is 15.6. The van der Waals surface area contributed by atoms with Crippen molar-refractivity contribution in [1.82, 2.24) is 4.90 Å². The molecule has 1 aliphatic heterocycles. The monoisotopic (exact) mass is 401 g/mol. The normalized spacial score (nSPS) is 22.6. The first kappa shape index (κ1) is 21.7. The Morgan fingerprint density at radius 3 is 2.36 bits per heavy atom. The highest BCUT2D eigenvalue weighted by Crippen LogP contribution is 2.41. The Hall–Kier alpha value is -2.58. The molecular weight excluding hydrogens is 379 g/mol. The number of piperidine rings is 1. The number of halogens is 3. The van der Waals surface area contributed by atoms with Crippen LogP contribution in [0, 0.1) is 5.92 Å². The molecule has 1 saturated heterocycles. The highest BCUT2D eigenvalue weighted by molar-refractivity contribution is 5.97. The highest BCUT2D eigenvalue weighted by Gasteiger charge is 2.45. The third kappa shape index (κ3) is 4.63. The van der Waals surface area contributed by atoms with E-state index in [9.17, 15) is 32.7 Å². The summed E-state index contributed by atoms with van der Waals surface area (Å²) >= 11 is 0. The molecule has 154 valence electrons. The van der Waals surface area contributed by atoms with Gasteiger partial charge < -0.3 is 9.84 Å². The predicted octanol–water partition coefficient (Wildman–Crippen LogP) is 3.83. The van der Waals surface area contributed by atoms with Crippen LogP contribution in [0.5, 0.6) is 0 Å². The lowest BCUT2D eigenvalue weighted by Crippen LogP contribution is -2.53. The standard InChI is InChI=1S/C19H22F3NO5/c1-3-28-16(25)10-15(24)12-8-9-23(17(26)27)18(2,11-12)13-4-6-14(7-5-13)19(20,21)22/h4-7,12H,3,8-11H2,1-2H3,(H,26,27)/t12-,18-/m0/s1. The van der Waals surface area contributed by atoms with Crippen molar-refractivity contribution in [3.05, 3.63) is 35.4 Å². The molecule has 0 spiro atoms. The van der Waals surface area contributed by atoms with Gasteiger partial charge in [-0.1, -0.05) is 12.1 Å². The van der Waals surface area contributed by atoms with Crippen LogP contribution in [0.25, 0.3) is 0 Å². The van der Waals surface area contributed by atoms with Crippen molar-refractivity contribution in [1.29, 1.82) is 0 Å². The van der Waals surface area contributed by atoms with Gasteiger partial charge in [0.2, 0.25) is 0 Å². The molecule has 1 aromatic rings. The number of carboxylic acid groups (broad SMARTS) is 1. The number of alkyl halides is 3. The first-order valence-electron chi connectivity index (χ1n) is 8.85. The number of nitrogens with zero attached hydrogens (tertiary/aromatic N) is 1. The second-order valence-corrected chi connectivity index (χ2v) is 6.92. The largest absolute Gasteiger partial charge is 0.466 e. The fourth-order valence-electron chi connectivity index (χ4n) is 3.60. The number of carbonyl (C=O) groups is 3. The first-order chi connectivity index (χ1) is 13.0. The van der Waals surface area contributed by atoms with Crippen LogP contribution in [0.4, 0.5) is 18.0 Å². The lowest BCUT2D eigenvalue weighted by molar-refractivity contribution is -0.147. The molecule has 1 aromatic carbocycles. The van der Waals surface area contributed by atoms with Gasteiger partial charge in [0.05, 0.1) is 17.7 Å². The van der Waals surface area contributed by atoms with Crippen LogP contribution in [0.2, 0.25) is 0 Å². The van der Waals surface area contributed by atoms with E-state index in [1.165, 1.54) is 12.1 Å². The van der Waals surface area contributed by atoms with E-state index < -0.39 is 41.7 Å². The van der Waals surface area contributed by atoms with Gasteiger partial charge in [0.1, 0.15) is 12.2 Å². The van der Waals surface area contributed by atoms with Gasteiger partial charge in [0.25, 0.3) is 0 Å². The van der Waals surface area contributed by atoms with Gasteiger partial charge in [-0.3, -0.25) is 14.5 Å². The van der Waals surface area contributed by atoms with E-state index >= 15 is 0 Å². The summed E-state index contributed by atoms with van der Waals surface area (Å²) in [5, 5.41) is 9.55. The van der Waals surface area contributed by atoms with Gasteiger partial charge in [-0.25, -0.2) is 4.79 Å². The van der Waals surface area contributed by atoms with Crippen molar-refractivity contribution < 1.29 is 37.4 Å². The van der Waals surface area contributed by atoms with Gasteiger partial charge in [0, 0.05) is 12.5 Å². The minimum atomic E-state index is -4.50. The number of hydrogen-bond acceptors (Lipinski definition) is 4. The summed E-state index contributed by atoms with van der Waals surface area (Å²) in [6.07, 6.45) is -5.83. The highest BCUT2D eigenvalue weighted by atomic mass is 19.4. The van der Waals surface area contributed by atoms with Crippen LogP contribution in [0.3, 0.4) is 0 Å². The maximum absolute atomic E-state index is 12.8. The van der Waals surface area contributed by atoms with Crippen LogP contribution in [0.1, 0.15) is 44.2 Å². The predicted molar refractivity (Wildman–Crippen MR) is 92.5 cm³/mol. The molecule has 1 aliphatic rings. The molecule has 2 rings (SSSR count). The summed E-state index contributed by atoms with van der Waals surface area (Å²) < 4.78 is 43.2. The molecular formula is C19H22F3NO5. The van der Waals surface area contributed by atoms with E-state index in [1.807, 2.05) is 0 Å². The minimum Gasteiger partial charge on any atom is -0.466 e. The molecule has 2 atom stereocenters.